The fraction of sp³-hybridized carbons (Fsp3) is 0.286. The summed E-state index contributed by atoms with van der Waals surface area (Å²) in [6, 6.07) is 14.3. The molecule has 2 aromatic carbocycles. The molecule has 0 bridgehead atoms. The van der Waals surface area contributed by atoms with Crippen LogP contribution in [0.5, 0.6) is 11.5 Å². The Labute approximate surface area is 164 Å². The maximum Gasteiger partial charge on any atom is 0.248 e. The number of ether oxygens (including phenoxy) is 2. The second-order valence-electron chi connectivity index (χ2n) is 6.49. The zero-order valence-electron chi connectivity index (χ0n) is 16.2. The number of anilines is 1. The van der Waals surface area contributed by atoms with Gasteiger partial charge in [0.1, 0.15) is 6.04 Å². The van der Waals surface area contributed by atoms with Gasteiger partial charge in [-0.2, -0.15) is 4.68 Å². The van der Waals surface area contributed by atoms with Crippen LogP contribution in [0.25, 0.3) is 5.70 Å². The first kappa shape index (κ1) is 18.0. The van der Waals surface area contributed by atoms with Crippen LogP contribution >= 0.6 is 0 Å². The summed E-state index contributed by atoms with van der Waals surface area (Å²) >= 11 is 0. The van der Waals surface area contributed by atoms with Gasteiger partial charge in [0.05, 0.1) is 13.7 Å². The van der Waals surface area contributed by atoms with Crippen LogP contribution in [0, 0.1) is 0 Å². The summed E-state index contributed by atoms with van der Waals surface area (Å²) in [7, 11) is 1.64. The van der Waals surface area contributed by atoms with Crippen molar-refractivity contribution in [2.45, 2.75) is 26.3 Å². The van der Waals surface area contributed by atoms with Crippen molar-refractivity contribution in [2.75, 3.05) is 19.0 Å². The van der Waals surface area contributed by atoms with Crippen LogP contribution in [0.15, 0.2) is 48.5 Å². The lowest BCUT2D eigenvalue weighted by Crippen LogP contribution is -2.20. The predicted molar refractivity (Wildman–Crippen MR) is 108 cm³/mol. The molecule has 4 rings (SSSR count). The largest absolute Gasteiger partial charge is 0.493 e. The maximum atomic E-state index is 5.64. The summed E-state index contributed by atoms with van der Waals surface area (Å²) in [6.45, 7) is 4.68. The van der Waals surface area contributed by atoms with E-state index in [0.717, 1.165) is 29.0 Å². The Hall–Kier alpha value is -3.35. The second-order valence-corrected chi connectivity index (χ2v) is 6.49. The first-order valence-electron chi connectivity index (χ1n) is 9.40. The van der Waals surface area contributed by atoms with E-state index in [0.29, 0.717) is 18.3 Å². The molecule has 1 aromatic heterocycles. The lowest BCUT2D eigenvalue weighted by molar-refractivity contribution is 0.310. The highest BCUT2D eigenvalue weighted by atomic mass is 16.5. The highest BCUT2D eigenvalue weighted by Crippen LogP contribution is 2.36. The predicted octanol–water partition coefficient (Wildman–Crippen LogP) is 3.70. The number of aryl methyl sites for hydroxylation is 1. The molecule has 1 aliphatic heterocycles. The number of allylic oxidation sites excluding steroid dienone is 1. The zero-order chi connectivity index (χ0) is 19.5. The lowest BCUT2D eigenvalue weighted by atomic mass is 10.0. The molecule has 2 heterocycles. The first-order valence-corrected chi connectivity index (χ1v) is 9.40. The van der Waals surface area contributed by atoms with Gasteiger partial charge in [-0.1, -0.05) is 42.4 Å². The Balaban J connectivity index is 1.75. The third kappa shape index (κ3) is 3.31. The average Bonchev–Trinajstić information content (AvgIpc) is 3.22. The fourth-order valence-electron chi connectivity index (χ4n) is 3.32. The Kier molecular flexibility index (Phi) is 4.97. The normalized spacial score (nSPS) is 15.4. The first-order chi connectivity index (χ1) is 13.7. The smallest absolute Gasteiger partial charge is 0.248 e. The summed E-state index contributed by atoms with van der Waals surface area (Å²) in [4.78, 5) is 0. The maximum absolute atomic E-state index is 5.64. The van der Waals surface area contributed by atoms with Crippen molar-refractivity contribution in [1.82, 2.24) is 20.2 Å². The molecule has 1 aliphatic rings. The molecule has 0 radical (unpaired) electrons. The van der Waals surface area contributed by atoms with Crippen molar-refractivity contribution >= 4 is 11.6 Å². The van der Waals surface area contributed by atoms with Gasteiger partial charge in [0.2, 0.25) is 5.95 Å². The van der Waals surface area contributed by atoms with E-state index in [9.17, 15) is 0 Å². The van der Waals surface area contributed by atoms with Crippen LogP contribution in [-0.2, 0) is 6.42 Å². The molecule has 1 atom stereocenters. The summed E-state index contributed by atoms with van der Waals surface area (Å²) in [5, 5.41) is 15.4. The van der Waals surface area contributed by atoms with Crippen LogP contribution in [0.2, 0.25) is 0 Å². The minimum atomic E-state index is -0.156. The molecule has 7 nitrogen and oxygen atoms in total. The van der Waals surface area contributed by atoms with Crippen molar-refractivity contribution in [3.8, 4) is 11.5 Å². The molecular weight excluding hydrogens is 354 g/mol. The van der Waals surface area contributed by atoms with Gasteiger partial charge in [-0.3, -0.25) is 0 Å². The number of hydrogen-bond donors (Lipinski definition) is 1. The van der Waals surface area contributed by atoms with Crippen LogP contribution < -0.4 is 14.8 Å². The van der Waals surface area contributed by atoms with E-state index in [1.807, 2.05) is 25.1 Å². The van der Waals surface area contributed by atoms with E-state index in [4.69, 9.17) is 9.47 Å². The summed E-state index contributed by atoms with van der Waals surface area (Å²) in [6.07, 6.45) is 3.14. The molecule has 0 saturated carbocycles. The van der Waals surface area contributed by atoms with Crippen LogP contribution in [0.1, 0.15) is 36.6 Å². The molecule has 0 aliphatic carbocycles. The van der Waals surface area contributed by atoms with Gasteiger partial charge in [-0.05, 0) is 58.7 Å². The van der Waals surface area contributed by atoms with Crippen molar-refractivity contribution in [3.63, 3.8) is 0 Å². The van der Waals surface area contributed by atoms with Crippen molar-refractivity contribution in [1.29, 1.82) is 0 Å². The fourth-order valence-corrected chi connectivity index (χ4v) is 3.32. The van der Waals surface area contributed by atoms with Gasteiger partial charge >= 0.3 is 0 Å². The molecule has 0 amide bonds. The number of benzene rings is 2. The van der Waals surface area contributed by atoms with E-state index in [1.165, 1.54) is 5.56 Å². The van der Waals surface area contributed by atoms with Gasteiger partial charge in [-0.25, -0.2) is 0 Å². The Morgan fingerprint density at radius 1 is 1.07 bits per heavy atom. The number of fused-ring (bicyclic) bond motifs is 1. The summed E-state index contributed by atoms with van der Waals surface area (Å²) in [5.74, 6) is 2.02. The number of aromatic nitrogens is 4. The number of nitrogens with one attached hydrogen (secondary N) is 1. The SMILES string of the molecule is CCOc1ccc(C2C=C(c3ccc(CC)cc3)Nc3nnnn32)cc1OC. The van der Waals surface area contributed by atoms with Crippen LogP contribution in [0.3, 0.4) is 0 Å². The van der Waals surface area contributed by atoms with Crippen LogP contribution in [0.4, 0.5) is 5.95 Å². The Bertz CT molecular complexity index is 994. The molecule has 7 heteroatoms. The van der Waals surface area contributed by atoms with E-state index in [-0.39, 0.29) is 6.04 Å². The van der Waals surface area contributed by atoms with E-state index >= 15 is 0 Å². The number of hydrogen-bond acceptors (Lipinski definition) is 6. The number of methoxy groups -OCH3 is 1. The Morgan fingerprint density at radius 2 is 1.89 bits per heavy atom. The van der Waals surface area contributed by atoms with E-state index < -0.39 is 0 Å². The molecule has 1 unspecified atom stereocenters. The van der Waals surface area contributed by atoms with E-state index in [1.54, 1.807) is 11.8 Å². The highest BCUT2D eigenvalue weighted by molar-refractivity contribution is 5.77. The molecule has 144 valence electrons. The van der Waals surface area contributed by atoms with Gasteiger partial charge in [0.25, 0.3) is 0 Å². The molecule has 28 heavy (non-hydrogen) atoms. The molecule has 1 N–H and O–H groups in total. The highest BCUT2D eigenvalue weighted by Gasteiger charge is 2.25. The lowest BCUT2D eigenvalue weighted by Gasteiger charge is -2.24. The van der Waals surface area contributed by atoms with Crippen molar-refractivity contribution in [3.05, 3.63) is 65.2 Å². The molecule has 0 spiro atoms. The van der Waals surface area contributed by atoms with Crippen molar-refractivity contribution in [2.24, 2.45) is 0 Å². The topological polar surface area (TPSA) is 74.1 Å². The van der Waals surface area contributed by atoms with Gasteiger partial charge < -0.3 is 14.8 Å². The summed E-state index contributed by atoms with van der Waals surface area (Å²) < 4.78 is 12.9. The minimum Gasteiger partial charge on any atom is -0.493 e. The molecular formula is C21H23N5O2. The standard InChI is InChI=1S/C21H23N5O2/c1-4-14-6-8-15(9-7-14)17-13-18(26-21(22-17)23-24-25-26)16-10-11-19(28-5-2)20(12-16)27-3/h6-13,18H,4-5H2,1-3H3,(H,22,23,25). The van der Waals surface area contributed by atoms with Gasteiger partial charge in [0, 0.05) is 5.70 Å². The quantitative estimate of drug-likeness (QED) is 0.706. The van der Waals surface area contributed by atoms with Gasteiger partial charge in [-0.15, -0.1) is 0 Å². The average molecular weight is 377 g/mol. The van der Waals surface area contributed by atoms with Crippen molar-refractivity contribution < 1.29 is 9.47 Å². The third-order valence-corrected chi connectivity index (χ3v) is 4.83. The van der Waals surface area contributed by atoms with Gasteiger partial charge in [0.15, 0.2) is 11.5 Å². The molecule has 0 fully saturated rings. The van der Waals surface area contributed by atoms with E-state index in [2.05, 4.69) is 58.1 Å². The third-order valence-electron chi connectivity index (χ3n) is 4.83. The molecule has 0 saturated heterocycles. The zero-order valence-corrected chi connectivity index (χ0v) is 16.2. The number of nitrogens with zero attached hydrogens (tertiary/aromatic N) is 4. The Morgan fingerprint density at radius 3 is 2.61 bits per heavy atom. The monoisotopic (exact) mass is 377 g/mol. The second kappa shape index (κ2) is 7.72. The number of tetrazole rings is 1. The summed E-state index contributed by atoms with van der Waals surface area (Å²) in [5.41, 5.74) is 4.38. The van der Waals surface area contributed by atoms with Crippen LogP contribution in [-0.4, -0.2) is 33.9 Å². The molecule has 3 aromatic rings. The number of rotatable bonds is 6. The minimum absolute atomic E-state index is 0.156.